The topological polar surface area (TPSA) is 122 Å². The van der Waals surface area contributed by atoms with Gasteiger partial charge in [0.05, 0.1) is 5.52 Å². The maximum absolute atomic E-state index is 13.0. The molecule has 12 heteroatoms. The summed E-state index contributed by atoms with van der Waals surface area (Å²) in [5.41, 5.74) is 5.13. The van der Waals surface area contributed by atoms with E-state index >= 15 is 0 Å². The zero-order chi connectivity index (χ0) is 30.0. The maximum Gasteiger partial charge on any atom is 0.573 e. The van der Waals surface area contributed by atoms with Crippen molar-refractivity contribution in [1.29, 1.82) is 0 Å². The molecule has 0 fully saturated rings. The summed E-state index contributed by atoms with van der Waals surface area (Å²) in [4.78, 5) is 37.7. The smallest absolute Gasteiger partial charge is 0.458 e. The van der Waals surface area contributed by atoms with Crippen LogP contribution in [0.1, 0.15) is 57.6 Å². The van der Waals surface area contributed by atoms with E-state index in [2.05, 4.69) is 10.1 Å². The number of nitrogens with two attached hydrogens (primary N) is 1. The van der Waals surface area contributed by atoms with Crippen molar-refractivity contribution in [3.05, 3.63) is 59.8 Å². The van der Waals surface area contributed by atoms with Crippen molar-refractivity contribution in [3.63, 3.8) is 0 Å². The number of halogens is 3. The first kappa shape index (κ1) is 30.3. The average Bonchev–Trinajstić information content (AvgIpc) is 3.14. The van der Waals surface area contributed by atoms with Crippen LogP contribution in [0.5, 0.6) is 5.75 Å². The molecule has 0 saturated carbocycles. The lowest BCUT2D eigenvalue weighted by Crippen LogP contribution is -2.47. The molecule has 9 nitrogen and oxygen atoms in total. The van der Waals surface area contributed by atoms with Crippen molar-refractivity contribution >= 4 is 28.9 Å². The van der Waals surface area contributed by atoms with E-state index in [0.29, 0.717) is 16.6 Å². The van der Waals surface area contributed by atoms with Crippen LogP contribution in [-0.4, -0.2) is 46.1 Å². The van der Waals surface area contributed by atoms with Crippen LogP contribution >= 0.6 is 0 Å². The van der Waals surface area contributed by atoms with Gasteiger partial charge in [0, 0.05) is 23.6 Å². The third-order valence-corrected chi connectivity index (χ3v) is 5.25. The maximum atomic E-state index is 13.0. The minimum atomic E-state index is -4.91. The van der Waals surface area contributed by atoms with Gasteiger partial charge in [0.2, 0.25) is 0 Å². The monoisotopic (exact) mass is 563 g/mol. The number of nitrogens with zero attached hydrogens (tertiary/aromatic N) is 1. The molecule has 0 saturated heterocycles. The Kier molecular flexibility index (Phi) is 8.42. The third-order valence-electron chi connectivity index (χ3n) is 5.25. The fraction of sp³-hybridized carbons (Fsp3) is 0.393. The molecule has 0 radical (unpaired) electrons. The number of aromatic nitrogens is 1. The minimum absolute atomic E-state index is 0.0183. The van der Waals surface area contributed by atoms with Crippen LogP contribution in [0.25, 0.3) is 16.6 Å². The van der Waals surface area contributed by atoms with Gasteiger partial charge in [-0.15, -0.1) is 13.2 Å². The van der Waals surface area contributed by atoms with Gasteiger partial charge in [0.25, 0.3) is 5.91 Å². The van der Waals surface area contributed by atoms with Crippen molar-refractivity contribution < 1.29 is 41.8 Å². The van der Waals surface area contributed by atoms with Crippen molar-refractivity contribution in [2.75, 3.05) is 0 Å². The Morgan fingerprint density at radius 2 is 1.57 bits per heavy atom. The molecule has 3 rings (SSSR count). The lowest BCUT2D eigenvalue weighted by Gasteiger charge is -2.26. The van der Waals surface area contributed by atoms with E-state index in [4.69, 9.17) is 15.2 Å². The molecule has 216 valence electrons. The summed E-state index contributed by atoms with van der Waals surface area (Å²) < 4.78 is 54.8. The quantitative estimate of drug-likeness (QED) is 0.371. The Balaban J connectivity index is 2.03. The van der Waals surface area contributed by atoms with Crippen molar-refractivity contribution in [3.8, 4) is 11.4 Å². The Hall–Kier alpha value is -4.22. The van der Waals surface area contributed by atoms with Gasteiger partial charge in [0.15, 0.2) is 0 Å². The number of hydrogen-bond acceptors (Lipinski definition) is 6. The van der Waals surface area contributed by atoms with Gasteiger partial charge in [-0.2, -0.15) is 0 Å². The molecule has 1 heterocycles. The fourth-order valence-electron chi connectivity index (χ4n) is 3.91. The predicted molar refractivity (Wildman–Crippen MR) is 141 cm³/mol. The second-order valence-electron chi connectivity index (χ2n) is 11.1. The highest BCUT2D eigenvalue weighted by Crippen LogP contribution is 2.31. The third kappa shape index (κ3) is 8.39. The van der Waals surface area contributed by atoms with Gasteiger partial charge < -0.3 is 29.8 Å². The summed E-state index contributed by atoms with van der Waals surface area (Å²) in [5, 5.41) is 3.00. The molecular formula is C28H32F3N3O6. The van der Waals surface area contributed by atoms with Crippen LogP contribution in [0.15, 0.2) is 48.5 Å². The zero-order valence-corrected chi connectivity index (χ0v) is 23.0. The summed E-state index contributed by atoms with van der Waals surface area (Å²) in [6.07, 6.45) is -5.74. The van der Waals surface area contributed by atoms with Gasteiger partial charge >= 0.3 is 18.4 Å². The highest BCUT2D eigenvalue weighted by Gasteiger charge is 2.32. The molecule has 2 aromatic carbocycles. The normalized spacial score (nSPS) is 13.0. The van der Waals surface area contributed by atoms with E-state index in [0.717, 1.165) is 12.1 Å². The molecule has 0 bridgehead atoms. The second kappa shape index (κ2) is 11.1. The fourth-order valence-corrected chi connectivity index (χ4v) is 3.91. The number of nitrogens with one attached hydrogen (secondary N) is 1. The van der Waals surface area contributed by atoms with E-state index in [9.17, 15) is 27.6 Å². The van der Waals surface area contributed by atoms with Crippen LogP contribution < -0.4 is 15.8 Å². The lowest BCUT2D eigenvalue weighted by atomic mass is 10.0. The van der Waals surface area contributed by atoms with E-state index in [-0.39, 0.29) is 17.6 Å². The molecule has 1 atom stereocenters. The Morgan fingerprint density at radius 1 is 0.925 bits per heavy atom. The Morgan fingerprint density at radius 3 is 2.15 bits per heavy atom. The van der Waals surface area contributed by atoms with Crippen molar-refractivity contribution in [2.45, 2.75) is 71.6 Å². The van der Waals surface area contributed by atoms with E-state index in [1.807, 2.05) is 0 Å². The molecule has 3 aromatic rings. The highest BCUT2D eigenvalue weighted by molar-refractivity contribution is 5.99. The first-order chi connectivity index (χ1) is 18.3. The average molecular weight is 564 g/mol. The summed E-state index contributed by atoms with van der Waals surface area (Å²) in [6.45, 7) is 10.1. The number of esters is 1. The summed E-state index contributed by atoms with van der Waals surface area (Å²) in [5.74, 6) is -1.97. The lowest BCUT2D eigenvalue weighted by molar-refractivity contribution is -0.274. The largest absolute Gasteiger partial charge is 0.573 e. The number of rotatable bonds is 7. The van der Waals surface area contributed by atoms with E-state index in [1.54, 1.807) is 65.8 Å². The Labute approximate surface area is 229 Å². The molecule has 0 spiro atoms. The highest BCUT2D eigenvalue weighted by atomic mass is 19.4. The molecule has 0 aliphatic carbocycles. The number of primary amides is 1. The minimum Gasteiger partial charge on any atom is -0.458 e. The summed E-state index contributed by atoms with van der Waals surface area (Å²) in [6, 6.07) is 10.6. The second-order valence-corrected chi connectivity index (χ2v) is 11.1. The van der Waals surface area contributed by atoms with Gasteiger partial charge in [-0.1, -0.05) is 12.1 Å². The first-order valence-electron chi connectivity index (χ1n) is 12.3. The molecule has 1 unspecified atom stereocenters. The van der Waals surface area contributed by atoms with E-state index in [1.165, 1.54) is 16.7 Å². The summed E-state index contributed by atoms with van der Waals surface area (Å²) in [7, 11) is 0. The van der Waals surface area contributed by atoms with Gasteiger partial charge in [-0.05, 0) is 77.4 Å². The molecule has 0 aliphatic heterocycles. The van der Waals surface area contributed by atoms with Gasteiger partial charge in [0.1, 0.15) is 28.7 Å². The number of carbonyl (C=O) groups excluding carboxylic acids is 3. The Bertz CT molecular complexity index is 1420. The van der Waals surface area contributed by atoms with Crippen LogP contribution in [-0.2, 0) is 20.7 Å². The predicted octanol–water partition coefficient (Wildman–Crippen LogP) is 5.41. The van der Waals surface area contributed by atoms with Crippen molar-refractivity contribution in [1.82, 2.24) is 9.88 Å². The van der Waals surface area contributed by atoms with Crippen LogP contribution in [0.4, 0.5) is 18.0 Å². The van der Waals surface area contributed by atoms with Crippen LogP contribution in [0.2, 0.25) is 0 Å². The SMILES string of the molecule is CC(C)(C)OC(=O)NC(Cc1cccc(-n2c(C(N)=O)cc3ccc(OC(F)(F)F)cc32)c1)C(=O)OC(C)(C)C. The molecule has 2 amide bonds. The van der Waals surface area contributed by atoms with Crippen LogP contribution in [0.3, 0.4) is 0 Å². The zero-order valence-electron chi connectivity index (χ0n) is 23.0. The number of carbonyl (C=O) groups is 3. The molecule has 1 aromatic heterocycles. The van der Waals surface area contributed by atoms with E-state index < -0.39 is 47.3 Å². The summed E-state index contributed by atoms with van der Waals surface area (Å²) >= 11 is 0. The molecule has 3 N–H and O–H groups in total. The van der Waals surface area contributed by atoms with Gasteiger partial charge in [-0.3, -0.25) is 4.79 Å². The van der Waals surface area contributed by atoms with Crippen molar-refractivity contribution in [2.24, 2.45) is 5.73 Å². The number of alkyl carbamates (subject to hydrolysis) is 1. The number of fused-ring (bicyclic) bond motifs is 1. The molecule has 40 heavy (non-hydrogen) atoms. The standard InChI is InChI=1S/C28H32F3N3O6/c1-26(2,3)39-24(36)20(33-25(37)40-27(4,5)6)13-16-8-7-9-18(12-16)34-21-15-19(38-28(29,30)31)11-10-17(21)14-22(34)23(32)35/h7-12,14-15,20H,13H2,1-6H3,(H2,32,35)(H,33,37). The number of alkyl halides is 3. The first-order valence-corrected chi connectivity index (χ1v) is 12.3. The number of ether oxygens (including phenoxy) is 3. The van der Waals surface area contributed by atoms with Gasteiger partial charge in [-0.25, -0.2) is 9.59 Å². The molecular weight excluding hydrogens is 531 g/mol. The number of hydrogen-bond donors (Lipinski definition) is 2. The molecule has 0 aliphatic rings. The number of benzene rings is 2. The van der Waals surface area contributed by atoms with Crippen LogP contribution in [0, 0.1) is 0 Å². The number of amides is 2.